The van der Waals surface area contributed by atoms with Gasteiger partial charge in [0.2, 0.25) is 17.7 Å². The molecule has 0 aliphatic carbocycles. The molecule has 0 radical (unpaired) electrons. The van der Waals surface area contributed by atoms with Crippen molar-refractivity contribution in [3.05, 3.63) is 108 Å². The van der Waals surface area contributed by atoms with Crippen LogP contribution >= 0.6 is 0 Å². The molecule has 8 heteroatoms. The van der Waals surface area contributed by atoms with Gasteiger partial charge in [0.05, 0.1) is 6.54 Å². The molecule has 3 rings (SSSR count). The summed E-state index contributed by atoms with van der Waals surface area (Å²) in [5.74, 6) is -1.75. The lowest BCUT2D eigenvalue weighted by molar-refractivity contribution is -0.136. The number of nitrogens with zero attached hydrogens (tertiary/aromatic N) is 1. The molecule has 4 amide bonds. The molecule has 3 aromatic carbocycles. The number of hydrogen-bond donors (Lipinski definition) is 3. The van der Waals surface area contributed by atoms with Gasteiger partial charge < -0.3 is 21.3 Å². The van der Waals surface area contributed by atoms with Crippen LogP contribution in [0.3, 0.4) is 0 Å². The van der Waals surface area contributed by atoms with E-state index in [2.05, 4.69) is 10.6 Å². The van der Waals surface area contributed by atoms with Crippen LogP contribution in [0.1, 0.15) is 34.8 Å². The zero-order valence-electron chi connectivity index (χ0n) is 20.8. The quantitative estimate of drug-likeness (QED) is 0.354. The second-order valence-electron chi connectivity index (χ2n) is 8.83. The summed E-state index contributed by atoms with van der Waals surface area (Å²) in [4.78, 5) is 52.2. The summed E-state index contributed by atoms with van der Waals surface area (Å²) in [5.41, 5.74) is 7.55. The van der Waals surface area contributed by atoms with Gasteiger partial charge in [-0.15, -0.1) is 0 Å². The van der Waals surface area contributed by atoms with Crippen LogP contribution in [0.4, 0.5) is 0 Å². The van der Waals surface area contributed by atoms with Gasteiger partial charge >= 0.3 is 0 Å². The predicted octanol–water partition coefficient (Wildman–Crippen LogP) is 2.44. The van der Waals surface area contributed by atoms with Gasteiger partial charge in [-0.2, -0.15) is 0 Å². The van der Waals surface area contributed by atoms with E-state index in [0.717, 1.165) is 11.1 Å². The molecular weight excluding hydrogens is 468 g/mol. The molecule has 0 spiro atoms. The van der Waals surface area contributed by atoms with Crippen molar-refractivity contribution in [1.82, 2.24) is 15.5 Å². The van der Waals surface area contributed by atoms with Gasteiger partial charge in [-0.3, -0.25) is 19.2 Å². The number of rotatable bonds is 12. The molecule has 0 aromatic heterocycles. The predicted molar refractivity (Wildman–Crippen MR) is 141 cm³/mol. The molecule has 0 saturated carbocycles. The highest BCUT2D eigenvalue weighted by atomic mass is 16.2. The maximum absolute atomic E-state index is 13.2. The summed E-state index contributed by atoms with van der Waals surface area (Å²) in [6.45, 7) is 1.72. The lowest BCUT2D eigenvalue weighted by Gasteiger charge is -2.29. The minimum Gasteiger partial charge on any atom is -0.370 e. The summed E-state index contributed by atoms with van der Waals surface area (Å²) in [6.07, 6.45) is 0.252. The van der Waals surface area contributed by atoms with E-state index >= 15 is 0 Å². The van der Waals surface area contributed by atoms with Crippen molar-refractivity contribution < 1.29 is 19.2 Å². The maximum Gasteiger partial charge on any atom is 0.251 e. The first-order valence-electron chi connectivity index (χ1n) is 12.1. The zero-order chi connectivity index (χ0) is 26.6. The molecule has 3 aromatic rings. The standard InChI is InChI=1S/C29H32N4O4/c1-21(17-26(30)34)33(20-23-13-7-3-8-14-23)27(35)19-31-29(37)25(18-22-11-5-2-6-12-22)32-28(36)24-15-9-4-10-16-24/h2-16,21,25H,17-20H2,1H3,(H2,30,34)(H,31,37)(H,32,36)/t21?,25-/m0/s1. The number of carbonyl (C=O) groups is 4. The summed E-state index contributed by atoms with van der Waals surface area (Å²) in [5, 5.41) is 5.46. The molecule has 4 N–H and O–H groups in total. The number of carbonyl (C=O) groups excluding carboxylic acids is 4. The molecule has 192 valence electrons. The van der Waals surface area contributed by atoms with Gasteiger partial charge in [0.15, 0.2) is 0 Å². The SMILES string of the molecule is CC(CC(N)=O)N(Cc1ccccc1)C(=O)CNC(=O)[C@H](Cc1ccccc1)NC(=O)c1ccccc1. The smallest absolute Gasteiger partial charge is 0.251 e. The summed E-state index contributed by atoms with van der Waals surface area (Å²) in [7, 11) is 0. The number of hydrogen-bond acceptors (Lipinski definition) is 4. The van der Waals surface area contributed by atoms with Crippen molar-refractivity contribution in [2.24, 2.45) is 5.73 Å². The highest BCUT2D eigenvalue weighted by Crippen LogP contribution is 2.12. The Kier molecular flexibility index (Phi) is 9.96. The van der Waals surface area contributed by atoms with Gasteiger partial charge in [-0.25, -0.2) is 0 Å². The van der Waals surface area contributed by atoms with E-state index in [1.165, 1.54) is 4.90 Å². The van der Waals surface area contributed by atoms with E-state index in [-0.39, 0.29) is 37.7 Å². The first kappa shape index (κ1) is 27.1. The van der Waals surface area contributed by atoms with Gasteiger partial charge in [0.1, 0.15) is 6.04 Å². The Morgan fingerprint density at radius 2 is 1.35 bits per heavy atom. The molecule has 0 saturated heterocycles. The first-order valence-corrected chi connectivity index (χ1v) is 12.1. The minimum absolute atomic E-state index is 0.00369. The Hall–Kier alpha value is -4.46. The highest BCUT2D eigenvalue weighted by molar-refractivity contribution is 5.98. The van der Waals surface area contributed by atoms with Crippen LogP contribution in [-0.4, -0.2) is 47.2 Å². The Morgan fingerprint density at radius 3 is 1.92 bits per heavy atom. The van der Waals surface area contributed by atoms with E-state index in [9.17, 15) is 19.2 Å². The van der Waals surface area contributed by atoms with Crippen molar-refractivity contribution in [3.8, 4) is 0 Å². The number of primary amides is 1. The van der Waals surface area contributed by atoms with Gasteiger partial charge in [-0.1, -0.05) is 78.9 Å². The lowest BCUT2D eigenvalue weighted by atomic mass is 10.0. The molecule has 0 bridgehead atoms. The third-order valence-corrected chi connectivity index (χ3v) is 5.90. The average Bonchev–Trinajstić information content (AvgIpc) is 2.91. The Labute approximate surface area is 216 Å². The Bertz CT molecular complexity index is 1190. The highest BCUT2D eigenvalue weighted by Gasteiger charge is 2.26. The molecule has 0 aliphatic heterocycles. The molecule has 37 heavy (non-hydrogen) atoms. The fraction of sp³-hybridized carbons (Fsp3) is 0.241. The summed E-state index contributed by atoms with van der Waals surface area (Å²) in [6, 6.07) is 25.9. The van der Waals surface area contributed by atoms with Crippen molar-refractivity contribution in [2.45, 2.75) is 38.4 Å². The van der Waals surface area contributed by atoms with Crippen LogP contribution in [0.2, 0.25) is 0 Å². The molecule has 8 nitrogen and oxygen atoms in total. The van der Waals surface area contributed by atoms with E-state index in [1.54, 1.807) is 37.3 Å². The number of nitrogens with two attached hydrogens (primary N) is 1. The minimum atomic E-state index is -0.895. The van der Waals surface area contributed by atoms with Crippen LogP contribution in [0.25, 0.3) is 0 Å². The monoisotopic (exact) mass is 500 g/mol. The Balaban J connectivity index is 1.71. The van der Waals surface area contributed by atoms with Crippen molar-refractivity contribution in [1.29, 1.82) is 0 Å². The van der Waals surface area contributed by atoms with E-state index < -0.39 is 23.9 Å². The molecule has 0 fully saturated rings. The second kappa shape index (κ2) is 13.6. The van der Waals surface area contributed by atoms with E-state index in [0.29, 0.717) is 5.56 Å². The third kappa shape index (κ3) is 8.61. The molecule has 0 aliphatic rings. The van der Waals surface area contributed by atoms with E-state index in [1.807, 2.05) is 60.7 Å². The topological polar surface area (TPSA) is 122 Å². The zero-order valence-corrected chi connectivity index (χ0v) is 20.8. The number of amides is 4. The fourth-order valence-electron chi connectivity index (χ4n) is 3.95. The maximum atomic E-state index is 13.2. The third-order valence-electron chi connectivity index (χ3n) is 5.90. The number of nitrogens with one attached hydrogen (secondary N) is 2. The molecular formula is C29H32N4O4. The lowest BCUT2D eigenvalue weighted by Crippen LogP contribution is -2.51. The van der Waals surface area contributed by atoms with Crippen LogP contribution in [0, 0.1) is 0 Å². The van der Waals surface area contributed by atoms with Gasteiger partial charge in [0.25, 0.3) is 5.91 Å². The van der Waals surface area contributed by atoms with Gasteiger partial charge in [-0.05, 0) is 30.2 Å². The van der Waals surface area contributed by atoms with E-state index in [4.69, 9.17) is 5.73 Å². The van der Waals surface area contributed by atoms with Crippen LogP contribution < -0.4 is 16.4 Å². The largest absolute Gasteiger partial charge is 0.370 e. The number of benzene rings is 3. The van der Waals surface area contributed by atoms with Gasteiger partial charge in [0, 0.05) is 31.0 Å². The second-order valence-corrected chi connectivity index (χ2v) is 8.83. The van der Waals surface area contributed by atoms with Crippen molar-refractivity contribution >= 4 is 23.6 Å². The van der Waals surface area contributed by atoms with Crippen molar-refractivity contribution in [2.75, 3.05) is 6.54 Å². The van der Waals surface area contributed by atoms with Crippen LogP contribution in [0.15, 0.2) is 91.0 Å². The molecule has 0 heterocycles. The fourth-order valence-corrected chi connectivity index (χ4v) is 3.95. The van der Waals surface area contributed by atoms with Crippen LogP contribution in [0.5, 0.6) is 0 Å². The summed E-state index contributed by atoms with van der Waals surface area (Å²) >= 11 is 0. The first-order chi connectivity index (χ1) is 17.8. The molecule has 2 atom stereocenters. The van der Waals surface area contributed by atoms with Crippen molar-refractivity contribution in [3.63, 3.8) is 0 Å². The van der Waals surface area contributed by atoms with Crippen LogP contribution in [-0.2, 0) is 27.3 Å². The Morgan fingerprint density at radius 1 is 0.811 bits per heavy atom. The average molecular weight is 501 g/mol. The summed E-state index contributed by atoms with van der Waals surface area (Å²) < 4.78 is 0. The normalized spacial score (nSPS) is 12.1. The molecule has 1 unspecified atom stereocenters.